The maximum atomic E-state index is 4.65. The van der Waals surface area contributed by atoms with Gasteiger partial charge in [0, 0.05) is 11.9 Å². The van der Waals surface area contributed by atoms with E-state index in [0.717, 1.165) is 30.1 Å². The second-order valence-electron chi connectivity index (χ2n) is 9.69. The van der Waals surface area contributed by atoms with Crippen LogP contribution in [0.4, 0.5) is 0 Å². The van der Waals surface area contributed by atoms with Crippen LogP contribution in [0.15, 0.2) is 18.3 Å². The van der Waals surface area contributed by atoms with E-state index in [1.54, 1.807) is 0 Å². The third-order valence-electron chi connectivity index (χ3n) is 7.72. The lowest BCUT2D eigenvalue weighted by atomic mass is 9.74. The van der Waals surface area contributed by atoms with Crippen molar-refractivity contribution in [3.63, 3.8) is 0 Å². The third-order valence-corrected chi connectivity index (χ3v) is 7.72. The van der Waals surface area contributed by atoms with Gasteiger partial charge in [-0.15, -0.1) is 0 Å². The van der Waals surface area contributed by atoms with Crippen LogP contribution >= 0.6 is 0 Å². The van der Waals surface area contributed by atoms with Gasteiger partial charge in [-0.1, -0.05) is 97.0 Å². The second kappa shape index (κ2) is 11.2. The number of aromatic nitrogens is 1. The fourth-order valence-electron chi connectivity index (χ4n) is 5.66. The van der Waals surface area contributed by atoms with Gasteiger partial charge in [0.1, 0.15) is 0 Å². The molecule has 27 heavy (non-hydrogen) atoms. The SMILES string of the molecule is CCCC1CCC(CCC2CCC(CCc3ccc(CC)cn3)CC2)CC1. The smallest absolute Gasteiger partial charge is 0.0403 e. The van der Waals surface area contributed by atoms with Crippen LogP contribution < -0.4 is 0 Å². The second-order valence-corrected chi connectivity index (χ2v) is 9.69. The average Bonchev–Trinajstić information content (AvgIpc) is 2.73. The van der Waals surface area contributed by atoms with Gasteiger partial charge in [-0.3, -0.25) is 4.98 Å². The molecule has 0 aliphatic heterocycles. The first kappa shape index (κ1) is 20.9. The number of hydrogen-bond acceptors (Lipinski definition) is 1. The van der Waals surface area contributed by atoms with Crippen LogP contribution in [-0.4, -0.2) is 4.98 Å². The summed E-state index contributed by atoms with van der Waals surface area (Å²) in [6, 6.07) is 4.51. The molecule has 2 fully saturated rings. The number of hydrogen-bond donors (Lipinski definition) is 0. The summed E-state index contributed by atoms with van der Waals surface area (Å²) in [6.45, 7) is 4.55. The van der Waals surface area contributed by atoms with E-state index in [-0.39, 0.29) is 0 Å². The maximum absolute atomic E-state index is 4.65. The summed E-state index contributed by atoms with van der Waals surface area (Å²) in [5, 5.41) is 0. The summed E-state index contributed by atoms with van der Waals surface area (Å²) in [7, 11) is 0. The molecule has 3 rings (SSSR count). The zero-order valence-electron chi connectivity index (χ0n) is 18.1. The summed E-state index contributed by atoms with van der Waals surface area (Å²) in [5.41, 5.74) is 2.66. The van der Waals surface area contributed by atoms with Crippen LogP contribution in [0, 0.1) is 23.7 Å². The van der Waals surface area contributed by atoms with Crippen LogP contribution in [-0.2, 0) is 12.8 Å². The Labute approximate surface area is 168 Å². The lowest BCUT2D eigenvalue weighted by Crippen LogP contribution is -2.18. The lowest BCUT2D eigenvalue weighted by Gasteiger charge is -2.32. The van der Waals surface area contributed by atoms with Crippen LogP contribution in [0.2, 0.25) is 0 Å². The Morgan fingerprint density at radius 1 is 0.704 bits per heavy atom. The van der Waals surface area contributed by atoms with E-state index in [0.29, 0.717) is 0 Å². The fraction of sp³-hybridized carbons (Fsp3) is 0.808. The molecule has 1 aromatic heterocycles. The van der Waals surface area contributed by atoms with E-state index < -0.39 is 0 Å². The first-order chi connectivity index (χ1) is 13.3. The van der Waals surface area contributed by atoms with Crippen molar-refractivity contribution in [1.29, 1.82) is 0 Å². The van der Waals surface area contributed by atoms with Gasteiger partial charge in [-0.25, -0.2) is 0 Å². The Bertz CT molecular complexity index is 504. The van der Waals surface area contributed by atoms with E-state index >= 15 is 0 Å². The van der Waals surface area contributed by atoms with Crippen LogP contribution in [0.5, 0.6) is 0 Å². The minimum absolute atomic E-state index is 0.957. The van der Waals surface area contributed by atoms with Crippen molar-refractivity contribution in [1.82, 2.24) is 4.98 Å². The topological polar surface area (TPSA) is 12.9 Å². The summed E-state index contributed by atoms with van der Waals surface area (Å²) < 4.78 is 0. The summed E-state index contributed by atoms with van der Waals surface area (Å²) >= 11 is 0. The molecule has 0 amide bonds. The van der Waals surface area contributed by atoms with Crippen LogP contribution in [0.1, 0.15) is 109 Å². The summed E-state index contributed by atoms with van der Waals surface area (Å²) in [5.74, 6) is 4.12. The highest BCUT2D eigenvalue weighted by atomic mass is 14.7. The normalized spacial score (nSPS) is 29.0. The molecule has 1 aromatic rings. The maximum Gasteiger partial charge on any atom is 0.0403 e. The van der Waals surface area contributed by atoms with Gasteiger partial charge in [-0.2, -0.15) is 0 Å². The monoisotopic (exact) mass is 369 g/mol. The van der Waals surface area contributed by atoms with Crippen molar-refractivity contribution >= 4 is 0 Å². The Balaban J connectivity index is 1.27. The molecule has 1 nitrogen and oxygen atoms in total. The molecule has 1 heteroatoms. The third kappa shape index (κ3) is 6.91. The quantitative estimate of drug-likeness (QED) is 0.433. The molecule has 0 bridgehead atoms. The zero-order valence-corrected chi connectivity index (χ0v) is 18.1. The van der Waals surface area contributed by atoms with Crippen LogP contribution in [0.3, 0.4) is 0 Å². The fourth-order valence-corrected chi connectivity index (χ4v) is 5.66. The van der Waals surface area contributed by atoms with E-state index in [9.17, 15) is 0 Å². The van der Waals surface area contributed by atoms with Gasteiger partial charge >= 0.3 is 0 Å². The number of pyridine rings is 1. The number of aryl methyl sites for hydroxylation is 2. The minimum atomic E-state index is 0.957. The van der Waals surface area contributed by atoms with Gasteiger partial charge < -0.3 is 0 Å². The van der Waals surface area contributed by atoms with Crippen molar-refractivity contribution in [2.24, 2.45) is 23.7 Å². The van der Waals surface area contributed by atoms with Crippen molar-refractivity contribution in [3.8, 4) is 0 Å². The Hall–Kier alpha value is -0.850. The summed E-state index contributed by atoms with van der Waals surface area (Å²) in [4.78, 5) is 4.65. The highest BCUT2D eigenvalue weighted by molar-refractivity contribution is 5.14. The van der Waals surface area contributed by atoms with Crippen molar-refractivity contribution in [3.05, 3.63) is 29.6 Å². The largest absolute Gasteiger partial charge is 0.261 e. The molecule has 2 aliphatic rings. The van der Waals surface area contributed by atoms with E-state index in [1.165, 1.54) is 101 Å². The van der Waals surface area contributed by atoms with Crippen molar-refractivity contribution in [2.75, 3.05) is 0 Å². The molecule has 2 saturated carbocycles. The zero-order chi connectivity index (χ0) is 18.9. The van der Waals surface area contributed by atoms with Gasteiger partial charge in [0.25, 0.3) is 0 Å². The molecule has 0 N–H and O–H groups in total. The highest BCUT2D eigenvalue weighted by Gasteiger charge is 2.24. The molecule has 1 heterocycles. The predicted molar refractivity (Wildman–Crippen MR) is 117 cm³/mol. The molecule has 0 atom stereocenters. The molecule has 2 aliphatic carbocycles. The summed E-state index contributed by atoms with van der Waals surface area (Å²) in [6.07, 6.45) is 23.7. The van der Waals surface area contributed by atoms with Crippen molar-refractivity contribution < 1.29 is 0 Å². The molecule has 0 saturated heterocycles. The van der Waals surface area contributed by atoms with E-state index in [2.05, 4.69) is 37.2 Å². The molecule has 0 spiro atoms. The molecular formula is C26H43N. The first-order valence-electron chi connectivity index (χ1n) is 12.2. The molecular weight excluding hydrogens is 326 g/mol. The van der Waals surface area contributed by atoms with Gasteiger partial charge in [0.05, 0.1) is 0 Å². The molecule has 0 radical (unpaired) electrons. The van der Waals surface area contributed by atoms with Crippen LogP contribution in [0.25, 0.3) is 0 Å². The standard InChI is InChI=1S/C26H43N/c1-3-5-22-6-8-23(9-7-22)10-11-24-12-14-25(15-13-24)17-19-26-18-16-21(4-2)20-27-26/h16,18,20,22-25H,3-15,17,19H2,1-2H3. The Morgan fingerprint density at radius 2 is 1.22 bits per heavy atom. The van der Waals surface area contributed by atoms with Gasteiger partial charge in [-0.05, 0) is 54.6 Å². The highest BCUT2D eigenvalue weighted by Crippen LogP contribution is 2.38. The predicted octanol–water partition coefficient (Wildman–Crippen LogP) is 7.77. The Morgan fingerprint density at radius 3 is 1.67 bits per heavy atom. The van der Waals surface area contributed by atoms with Gasteiger partial charge in [0.15, 0.2) is 0 Å². The van der Waals surface area contributed by atoms with E-state index in [4.69, 9.17) is 0 Å². The molecule has 152 valence electrons. The Kier molecular flexibility index (Phi) is 8.68. The molecule has 0 aromatic carbocycles. The average molecular weight is 370 g/mol. The number of nitrogens with zero attached hydrogens (tertiary/aromatic N) is 1. The lowest BCUT2D eigenvalue weighted by molar-refractivity contribution is 0.209. The van der Waals surface area contributed by atoms with Gasteiger partial charge in [0.2, 0.25) is 0 Å². The number of rotatable bonds is 9. The van der Waals surface area contributed by atoms with E-state index in [1.807, 2.05) is 0 Å². The van der Waals surface area contributed by atoms with Crippen molar-refractivity contribution in [2.45, 2.75) is 110 Å². The minimum Gasteiger partial charge on any atom is -0.261 e. The first-order valence-corrected chi connectivity index (χ1v) is 12.2. The molecule has 0 unspecified atom stereocenters.